The van der Waals surface area contributed by atoms with E-state index in [1.165, 1.54) is 0 Å². The monoisotopic (exact) mass is 281 g/mol. The van der Waals surface area contributed by atoms with Crippen LogP contribution < -0.4 is 5.32 Å². The normalized spacial score (nSPS) is 11.4. The van der Waals surface area contributed by atoms with E-state index in [-0.39, 0.29) is 0 Å². The molecule has 114 valence electrons. The fourth-order valence-corrected chi connectivity index (χ4v) is 1.78. The predicted molar refractivity (Wildman–Crippen MR) is 80.5 cm³/mol. The van der Waals surface area contributed by atoms with Gasteiger partial charge in [-0.15, -0.1) is 11.7 Å². The highest BCUT2D eigenvalue weighted by atomic mass is 16.5. The van der Waals surface area contributed by atoms with E-state index in [2.05, 4.69) is 41.0 Å². The summed E-state index contributed by atoms with van der Waals surface area (Å²) in [7, 11) is 1.72. The molecule has 1 aromatic rings. The summed E-state index contributed by atoms with van der Waals surface area (Å²) in [6.45, 7) is 13.0. The molecule has 20 heavy (non-hydrogen) atoms. The van der Waals surface area contributed by atoms with Crippen LogP contribution in [-0.4, -0.2) is 59.3 Å². The second-order valence-corrected chi connectivity index (χ2v) is 5.09. The summed E-state index contributed by atoms with van der Waals surface area (Å²) in [5, 5.41) is 11.6. The van der Waals surface area contributed by atoms with Gasteiger partial charge in [0.25, 0.3) is 0 Å². The van der Waals surface area contributed by atoms with Gasteiger partial charge in [-0.25, -0.2) is 0 Å². The Morgan fingerprint density at radius 3 is 2.95 bits per heavy atom. The minimum absolute atomic E-state index is 0.456. The highest BCUT2D eigenvalue weighted by molar-refractivity contribution is 4.91. The van der Waals surface area contributed by atoms with Crippen LogP contribution in [0.3, 0.4) is 0 Å². The Morgan fingerprint density at radius 1 is 1.50 bits per heavy atom. The molecule has 0 aromatic carbocycles. The molecule has 6 nitrogen and oxygen atoms in total. The third-order valence-electron chi connectivity index (χ3n) is 2.92. The average molecular weight is 281 g/mol. The first-order valence-corrected chi connectivity index (χ1v) is 7.10. The Bertz CT molecular complexity index is 377. The maximum absolute atomic E-state index is 5.11. The van der Waals surface area contributed by atoms with Crippen LogP contribution in [-0.2, 0) is 17.8 Å². The van der Waals surface area contributed by atoms with Crippen molar-refractivity contribution in [2.24, 2.45) is 0 Å². The van der Waals surface area contributed by atoms with Crippen molar-refractivity contribution in [1.29, 1.82) is 0 Å². The van der Waals surface area contributed by atoms with Gasteiger partial charge in [0.2, 0.25) is 0 Å². The fraction of sp³-hybridized carbons (Fsp3) is 0.714. The first kappa shape index (κ1) is 16.8. The molecule has 0 fully saturated rings. The first-order valence-electron chi connectivity index (χ1n) is 7.10. The molecule has 0 aliphatic rings. The second kappa shape index (κ2) is 9.63. The van der Waals surface area contributed by atoms with Crippen LogP contribution >= 0.6 is 0 Å². The van der Waals surface area contributed by atoms with Crippen LogP contribution in [0.15, 0.2) is 18.9 Å². The third kappa shape index (κ3) is 6.79. The molecule has 0 saturated heterocycles. The summed E-state index contributed by atoms with van der Waals surface area (Å²) in [5.41, 5.74) is 0.978. The third-order valence-corrected chi connectivity index (χ3v) is 2.92. The van der Waals surface area contributed by atoms with Gasteiger partial charge in [0.1, 0.15) is 0 Å². The van der Waals surface area contributed by atoms with Crippen LogP contribution in [0.5, 0.6) is 0 Å². The molecule has 1 N–H and O–H groups in total. The maximum Gasteiger partial charge on any atom is 0.0964 e. The number of rotatable bonds is 11. The van der Waals surface area contributed by atoms with Crippen molar-refractivity contribution in [3.8, 4) is 0 Å². The summed E-state index contributed by atoms with van der Waals surface area (Å²) in [5.74, 6) is 0. The lowest BCUT2D eigenvalue weighted by Crippen LogP contribution is -2.31. The molecule has 6 heteroatoms. The maximum atomic E-state index is 5.11. The van der Waals surface area contributed by atoms with Gasteiger partial charge in [-0.1, -0.05) is 25.1 Å². The molecule has 0 radical (unpaired) electrons. The van der Waals surface area contributed by atoms with Crippen molar-refractivity contribution in [3.05, 3.63) is 24.5 Å². The van der Waals surface area contributed by atoms with E-state index in [1.807, 2.05) is 17.0 Å². The molecule has 0 amide bonds. The Kier molecular flexibility index (Phi) is 8.10. The smallest absolute Gasteiger partial charge is 0.0964 e. The molecule has 1 rings (SSSR count). The minimum Gasteiger partial charge on any atom is -0.383 e. The van der Waals surface area contributed by atoms with Crippen molar-refractivity contribution in [2.75, 3.05) is 33.4 Å². The van der Waals surface area contributed by atoms with Gasteiger partial charge < -0.3 is 10.1 Å². The summed E-state index contributed by atoms with van der Waals surface area (Å²) in [6.07, 6.45) is 3.91. The van der Waals surface area contributed by atoms with Crippen LogP contribution in [0.2, 0.25) is 0 Å². The molecule has 0 spiro atoms. The Labute approximate surface area is 121 Å². The molecule has 0 unspecified atom stereocenters. The lowest BCUT2D eigenvalue weighted by molar-refractivity contribution is 0.151. The number of methoxy groups -OCH3 is 1. The number of hydrogen-bond donors (Lipinski definition) is 1. The largest absolute Gasteiger partial charge is 0.383 e. The fourth-order valence-electron chi connectivity index (χ4n) is 1.78. The predicted octanol–water partition coefficient (Wildman–Crippen LogP) is 0.911. The molecule has 0 saturated carbocycles. The van der Waals surface area contributed by atoms with Crippen LogP contribution in [0.4, 0.5) is 0 Å². The standard InChI is InChI=1S/C14H27N5O/c1-5-6-18(9-10-20-4)7-8-19-12-14(16-17-19)11-15-13(2)3/h5,12-13,15H,1,6-11H2,2-4H3. The van der Waals surface area contributed by atoms with Crippen molar-refractivity contribution < 1.29 is 4.74 Å². The van der Waals surface area contributed by atoms with Crippen LogP contribution in [0.1, 0.15) is 19.5 Å². The molecule has 1 aromatic heterocycles. The number of hydrogen-bond acceptors (Lipinski definition) is 5. The van der Waals surface area contributed by atoms with Gasteiger partial charge in [-0.05, 0) is 0 Å². The zero-order valence-corrected chi connectivity index (χ0v) is 12.9. The quantitative estimate of drug-likeness (QED) is 0.611. The van der Waals surface area contributed by atoms with Gasteiger partial charge >= 0.3 is 0 Å². The van der Waals surface area contributed by atoms with E-state index in [4.69, 9.17) is 4.74 Å². The van der Waals surface area contributed by atoms with E-state index in [0.717, 1.165) is 45.0 Å². The van der Waals surface area contributed by atoms with E-state index in [9.17, 15) is 0 Å². The Morgan fingerprint density at radius 2 is 2.30 bits per heavy atom. The van der Waals surface area contributed by atoms with E-state index in [0.29, 0.717) is 6.04 Å². The molecular weight excluding hydrogens is 254 g/mol. The number of nitrogens with zero attached hydrogens (tertiary/aromatic N) is 4. The summed E-state index contributed by atoms with van der Waals surface area (Å²) >= 11 is 0. The van der Waals surface area contributed by atoms with Gasteiger partial charge in [-0.3, -0.25) is 9.58 Å². The number of aromatic nitrogens is 3. The second-order valence-electron chi connectivity index (χ2n) is 5.09. The van der Waals surface area contributed by atoms with Crippen LogP contribution in [0, 0.1) is 0 Å². The Balaban J connectivity index is 2.37. The molecule has 0 bridgehead atoms. The average Bonchev–Trinajstić information content (AvgIpc) is 2.87. The summed E-state index contributed by atoms with van der Waals surface area (Å²) < 4.78 is 7.00. The molecule has 0 aliphatic carbocycles. The lowest BCUT2D eigenvalue weighted by Gasteiger charge is -2.19. The molecule has 0 atom stereocenters. The van der Waals surface area contributed by atoms with Gasteiger partial charge in [-0.2, -0.15) is 0 Å². The number of ether oxygens (including phenoxy) is 1. The topological polar surface area (TPSA) is 55.2 Å². The minimum atomic E-state index is 0.456. The van der Waals surface area contributed by atoms with Gasteiger partial charge in [0.15, 0.2) is 0 Å². The summed E-state index contributed by atoms with van der Waals surface area (Å²) in [6, 6.07) is 0.456. The van der Waals surface area contributed by atoms with Gasteiger partial charge in [0, 0.05) is 45.5 Å². The number of nitrogens with one attached hydrogen (secondary N) is 1. The van der Waals surface area contributed by atoms with E-state index in [1.54, 1.807) is 7.11 Å². The SMILES string of the molecule is C=CCN(CCOC)CCn1cc(CNC(C)C)nn1. The van der Waals surface area contributed by atoms with Crippen molar-refractivity contribution in [1.82, 2.24) is 25.2 Å². The van der Waals surface area contributed by atoms with Gasteiger partial charge in [0.05, 0.1) is 18.8 Å². The first-order chi connectivity index (χ1) is 9.65. The van der Waals surface area contributed by atoms with Crippen molar-refractivity contribution >= 4 is 0 Å². The molecule has 0 aliphatic heterocycles. The molecule has 1 heterocycles. The van der Waals surface area contributed by atoms with E-state index < -0.39 is 0 Å². The van der Waals surface area contributed by atoms with E-state index >= 15 is 0 Å². The van der Waals surface area contributed by atoms with Crippen LogP contribution in [0.25, 0.3) is 0 Å². The molecular formula is C14H27N5O. The zero-order valence-electron chi connectivity index (χ0n) is 12.9. The highest BCUT2D eigenvalue weighted by Gasteiger charge is 2.05. The summed E-state index contributed by atoms with van der Waals surface area (Å²) in [4.78, 5) is 2.28. The highest BCUT2D eigenvalue weighted by Crippen LogP contribution is 1.96. The Hall–Kier alpha value is -1.24. The lowest BCUT2D eigenvalue weighted by atomic mass is 10.3. The van der Waals surface area contributed by atoms with Crippen molar-refractivity contribution in [2.45, 2.75) is 33.0 Å². The van der Waals surface area contributed by atoms with Crippen molar-refractivity contribution in [3.63, 3.8) is 0 Å². The zero-order chi connectivity index (χ0) is 14.8.